The maximum absolute atomic E-state index is 13.3. The molecule has 1 fully saturated rings. The summed E-state index contributed by atoms with van der Waals surface area (Å²) in [6.07, 6.45) is 0. The highest BCUT2D eigenvalue weighted by Crippen LogP contribution is 2.37. The van der Waals surface area contributed by atoms with E-state index in [0.29, 0.717) is 35.7 Å². The van der Waals surface area contributed by atoms with Gasteiger partial charge in [-0.2, -0.15) is 0 Å². The SMILES string of the molecule is COc1ccccc1C1=C(N2CCN(c3ccccc3)CC2)C(=O)N(C(C)C)C1=O. The number of rotatable bonds is 5. The van der Waals surface area contributed by atoms with Crippen molar-refractivity contribution in [2.75, 3.05) is 38.2 Å². The number of ether oxygens (including phenoxy) is 1. The number of carbonyl (C=O) groups is 2. The standard InChI is InChI=1S/C24H27N3O3/c1-17(2)27-23(28)21(19-11-7-8-12-20(19)30-3)22(24(27)29)26-15-13-25(14-16-26)18-9-5-4-6-10-18/h4-12,17H,13-16H2,1-3H3. The van der Waals surface area contributed by atoms with E-state index >= 15 is 0 Å². The lowest BCUT2D eigenvalue weighted by Gasteiger charge is -2.37. The Hall–Kier alpha value is -3.28. The van der Waals surface area contributed by atoms with Crippen molar-refractivity contribution in [1.82, 2.24) is 9.80 Å². The average Bonchev–Trinajstić information content (AvgIpc) is 3.04. The molecule has 156 valence electrons. The van der Waals surface area contributed by atoms with Crippen LogP contribution in [0.5, 0.6) is 5.75 Å². The van der Waals surface area contributed by atoms with E-state index in [1.807, 2.05) is 56.3 Å². The highest BCUT2D eigenvalue weighted by Gasteiger charge is 2.44. The Morgan fingerprint density at radius 2 is 1.40 bits per heavy atom. The summed E-state index contributed by atoms with van der Waals surface area (Å²) < 4.78 is 5.50. The predicted molar refractivity (Wildman–Crippen MR) is 117 cm³/mol. The molecule has 0 bridgehead atoms. The molecule has 6 nitrogen and oxygen atoms in total. The molecule has 6 heteroatoms. The third-order valence-electron chi connectivity index (χ3n) is 5.70. The lowest BCUT2D eigenvalue weighted by atomic mass is 10.0. The number of benzene rings is 2. The lowest BCUT2D eigenvalue weighted by Crippen LogP contribution is -2.48. The molecule has 1 saturated heterocycles. The summed E-state index contributed by atoms with van der Waals surface area (Å²) in [7, 11) is 1.58. The average molecular weight is 405 g/mol. The summed E-state index contributed by atoms with van der Waals surface area (Å²) in [5.74, 6) is 0.128. The Morgan fingerprint density at radius 3 is 2.03 bits per heavy atom. The molecule has 30 heavy (non-hydrogen) atoms. The van der Waals surface area contributed by atoms with Crippen LogP contribution in [0.1, 0.15) is 19.4 Å². The van der Waals surface area contributed by atoms with Crippen molar-refractivity contribution in [1.29, 1.82) is 0 Å². The van der Waals surface area contributed by atoms with Crippen molar-refractivity contribution in [3.63, 3.8) is 0 Å². The van der Waals surface area contributed by atoms with E-state index in [1.54, 1.807) is 7.11 Å². The van der Waals surface area contributed by atoms with Crippen LogP contribution in [0.2, 0.25) is 0 Å². The van der Waals surface area contributed by atoms with E-state index in [4.69, 9.17) is 4.74 Å². The number of hydrogen-bond acceptors (Lipinski definition) is 5. The van der Waals surface area contributed by atoms with E-state index < -0.39 is 0 Å². The van der Waals surface area contributed by atoms with E-state index in [2.05, 4.69) is 21.9 Å². The molecule has 0 radical (unpaired) electrons. The maximum Gasteiger partial charge on any atom is 0.278 e. The number of amides is 2. The second-order valence-corrected chi connectivity index (χ2v) is 7.81. The minimum atomic E-state index is -0.250. The summed E-state index contributed by atoms with van der Waals surface area (Å²) in [4.78, 5) is 32.4. The van der Waals surface area contributed by atoms with Gasteiger partial charge in [-0.15, -0.1) is 0 Å². The number of nitrogens with zero attached hydrogens (tertiary/aromatic N) is 3. The van der Waals surface area contributed by atoms with Gasteiger partial charge in [-0.1, -0.05) is 36.4 Å². The van der Waals surface area contributed by atoms with Gasteiger partial charge >= 0.3 is 0 Å². The summed E-state index contributed by atoms with van der Waals surface area (Å²) >= 11 is 0. The van der Waals surface area contributed by atoms with Crippen LogP contribution < -0.4 is 9.64 Å². The first-order chi connectivity index (χ1) is 14.5. The van der Waals surface area contributed by atoms with E-state index in [1.165, 1.54) is 10.6 Å². The zero-order valence-corrected chi connectivity index (χ0v) is 17.7. The normalized spacial score (nSPS) is 17.4. The van der Waals surface area contributed by atoms with Gasteiger partial charge in [0.05, 0.1) is 12.7 Å². The topological polar surface area (TPSA) is 53.1 Å². The van der Waals surface area contributed by atoms with Crippen LogP contribution in [0, 0.1) is 0 Å². The van der Waals surface area contributed by atoms with Crippen LogP contribution in [0.15, 0.2) is 60.3 Å². The highest BCUT2D eigenvalue weighted by atomic mass is 16.5. The molecule has 0 atom stereocenters. The van der Waals surface area contributed by atoms with Crippen LogP contribution in [-0.4, -0.2) is 60.9 Å². The monoisotopic (exact) mass is 405 g/mol. The number of hydrogen-bond donors (Lipinski definition) is 0. The van der Waals surface area contributed by atoms with Crippen molar-refractivity contribution in [3.05, 3.63) is 65.9 Å². The van der Waals surface area contributed by atoms with Gasteiger partial charge in [-0.3, -0.25) is 14.5 Å². The van der Waals surface area contributed by atoms with Gasteiger partial charge < -0.3 is 14.5 Å². The minimum absolute atomic E-state index is 0.210. The van der Waals surface area contributed by atoms with Crippen LogP contribution in [0.3, 0.4) is 0 Å². The van der Waals surface area contributed by atoms with Crippen molar-refractivity contribution < 1.29 is 14.3 Å². The largest absolute Gasteiger partial charge is 0.496 e. The molecule has 0 aliphatic carbocycles. The predicted octanol–water partition coefficient (Wildman–Crippen LogP) is 3.01. The lowest BCUT2D eigenvalue weighted by molar-refractivity contribution is -0.139. The number of carbonyl (C=O) groups excluding carboxylic acids is 2. The van der Waals surface area contributed by atoms with Crippen molar-refractivity contribution in [2.45, 2.75) is 19.9 Å². The maximum atomic E-state index is 13.3. The molecule has 2 aromatic rings. The first-order valence-electron chi connectivity index (χ1n) is 10.3. The Kier molecular flexibility index (Phi) is 5.48. The van der Waals surface area contributed by atoms with E-state index in [0.717, 1.165) is 13.1 Å². The molecule has 2 heterocycles. The number of imide groups is 1. The fourth-order valence-corrected chi connectivity index (χ4v) is 4.22. The van der Waals surface area contributed by atoms with Gasteiger partial charge in [-0.25, -0.2) is 0 Å². The molecule has 2 aliphatic rings. The van der Waals surface area contributed by atoms with Gasteiger partial charge in [0.2, 0.25) is 0 Å². The quantitative estimate of drug-likeness (QED) is 0.716. The molecular formula is C24H27N3O3. The third kappa shape index (κ3) is 3.43. The van der Waals surface area contributed by atoms with Gasteiger partial charge in [0.15, 0.2) is 0 Å². The summed E-state index contributed by atoms with van der Waals surface area (Å²) in [6.45, 7) is 6.66. The van der Waals surface area contributed by atoms with E-state index in [-0.39, 0.29) is 17.9 Å². The number of piperazine rings is 1. The summed E-state index contributed by atoms with van der Waals surface area (Å²) in [5, 5.41) is 0. The molecule has 2 aromatic carbocycles. The zero-order valence-electron chi connectivity index (χ0n) is 17.7. The fourth-order valence-electron chi connectivity index (χ4n) is 4.22. The third-order valence-corrected chi connectivity index (χ3v) is 5.70. The minimum Gasteiger partial charge on any atom is -0.496 e. The van der Waals surface area contributed by atoms with Gasteiger partial charge in [0.25, 0.3) is 11.8 Å². The highest BCUT2D eigenvalue weighted by molar-refractivity contribution is 6.36. The Labute approximate surface area is 177 Å². The van der Waals surface area contributed by atoms with E-state index in [9.17, 15) is 9.59 Å². The van der Waals surface area contributed by atoms with Gasteiger partial charge in [-0.05, 0) is 32.0 Å². The smallest absolute Gasteiger partial charge is 0.278 e. The van der Waals surface area contributed by atoms with Gasteiger partial charge in [0, 0.05) is 43.5 Å². The van der Waals surface area contributed by atoms with Crippen LogP contribution in [-0.2, 0) is 9.59 Å². The molecule has 2 amide bonds. The molecule has 2 aliphatic heterocycles. The number of anilines is 1. The number of para-hydroxylation sites is 2. The Balaban J connectivity index is 1.70. The molecule has 0 unspecified atom stereocenters. The Morgan fingerprint density at radius 1 is 0.800 bits per heavy atom. The van der Waals surface area contributed by atoms with Crippen LogP contribution in [0.25, 0.3) is 5.57 Å². The van der Waals surface area contributed by atoms with Crippen LogP contribution >= 0.6 is 0 Å². The first-order valence-corrected chi connectivity index (χ1v) is 10.3. The van der Waals surface area contributed by atoms with Crippen molar-refractivity contribution in [2.24, 2.45) is 0 Å². The first kappa shape index (κ1) is 20.0. The molecule has 0 N–H and O–H groups in total. The Bertz CT molecular complexity index is 976. The van der Waals surface area contributed by atoms with Crippen molar-refractivity contribution in [3.8, 4) is 5.75 Å². The molecule has 4 rings (SSSR count). The summed E-state index contributed by atoms with van der Waals surface area (Å²) in [6, 6.07) is 17.5. The zero-order chi connectivity index (χ0) is 21.3. The molecule has 0 aromatic heterocycles. The van der Waals surface area contributed by atoms with Crippen LogP contribution in [0.4, 0.5) is 5.69 Å². The second kappa shape index (κ2) is 8.22. The second-order valence-electron chi connectivity index (χ2n) is 7.81. The van der Waals surface area contributed by atoms with Gasteiger partial charge in [0.1, 0.15) is 11.4 Å². The number of methoxy groups -OCH3 is 1. The molecule has 0 saturated carbocycles. The fraction of sp³-hybridized carbons (Fsp3) is 0.333. The summed E-state index contributed by atoms with van der Waals surface area (Å²) in [5.41, 5.74) is 2.78. The molecule has 0 spiro atoms. The van der Waals surface area contributed by atoms with Crippen molar-refractivity contribution >= 4 is 23.1 Å². The molecular weight excluding hydrogens is 378 g/mol.